The van der Waals surface area contributed by atoms with Crippen LogP contribution in [0.15, 0.2) is 0 Å². The van der Waals surface area contributed by atoms with Crippen molar-refractivity contribution in [2.24, 2.45) is 5.92 Å². The Labute approximate surface area is 52.3 Å². The number of rotatable bonds is 0. The van der Waals surface area contributed by atoms with E-state index in [9.17, 15) is 0 Å². The van der Waals surface area contributed by atoms with E-state index < -0.39 is 0 Å². The molecule has 1 aliphatic carbocycles. The lowest BCUT2D eigenvalue weighted by Gasteiger charge is -2.02. The zero-order valence-corrected chi connectivity index (χ0v) is 5.56. The van der Waals surface area contributed by atoms with E-state index in [1.165, 1.54) is 25.7 Å². The summed E-state index contributed by atoms with van der Waals surface area (Å²) in [5.41, 5.74) is 0. The minimum absolute atomic E-state index is 0.914. The van der Waals surface area contributed by atoms with Gasteiger partial charge in [-0.2, -0.15) is 0 Å². The summed E-state index contributed by atoms with van der Waals surface area (Å²) < 4.78 is 0. The lowest BCUT2D eigenvalue weighted by atomic mass is 10.0. The normalized spacial score (nSPS) is 25.1. The molecule has 0 aromatic rings. The van der Waals surface area contributed by atoms with E-state index in [4.69, 9.17) is 0 Å². The van der Waals surface area contributed by atoms with Gasteiger partial charge in [0.25, 0.3) is 0 Å². The van der Waals surface area contributed by atoms with E-state index in [0.717, 1.165) is 5.92 Å². The molecule has 1 fully saturated rings. The third kappa shape index (κ3) is 1.85. The summed E-state index contributed by atoms with van der Waals surface area (Å²) in [6.45, 7) is 2.32. The van der Waals surface area contributed by atoms with Gasteiger partial charge in [-0.1, -0.05) is 6.92 Å². The fourth-order valence-electron chi connectivity index (χ4n) is 1.14. The summed E-state index contributed by atoms with van der Waals surface area (Å²) in [6.07, 6.45) is 10.1. The molecule has 8 heavy (non-hydrogen) atoms. The monoisotopic (exact) mass is 110 g/mol. The quantitative estimate of drug-likeness (QED) is 0.420. The Morgan fingerprint density at radius 2 is 1.62 bits per heavy atom. The highest BCUT2D eigenvalue weighted by Gasteiger charge is 2.05. The summed E-state index contributed by atoms with van der Waals surface area (Å²) in [5.74, 6) is 0.914. The van der Waals surface area contributed by atoms with Gasteiger partial charge in [0.1, 0.15) is 0 Å². The second kappa shape index (κ2) is 3.11. The minimum Gasteiger partial charge on any atom is -0.0625 e. The lowest BCUT2D eigenvalue weighted by molar-refractivity contribution is 0.578. The summed E-state index contributed by atoms with van der Waals surface area (Å²) in [4.78, 5) is 0. The maximum absolute atomic E-state index is 2.41. The topological polar surface area (TPSA) is 0 Å². The highest BCUT2D eigenvalue weighted by Crippen LogP contribution is 2.19. The standard InChI is InChI=1S/C8H14/c1-8-6-4-2-3-5-7-8/h4-5,8H,2-3,6-7H2,1H3. The molecule has 0 heterocycles. The van der Waals surface area contributed by atoms with Crippen molar-refractivity contribution in [1.82, 2.24) is 0 Å². The van der Waals surface area contributed by atoms with Crippen LogP contribution in [0.5, 0.6) is 0 Å². The summed E-state index contributed by atoms with van der Waals surface area (Å²) in [7, 11) is 0. The second-order valence-electron chi connectivity index (χ2n) is 2.73. The molecule has 2 radical (unpaired) electrons. The maximum atomic E-state index is 2.41. The average Bonchev–Trinajstić information content (AvgIpc) is 1.94. The van der Waals surface area contributed by atoms with Gasteiger partial charge in [0.15, 0.2) is 0 Å². The van der Waals surface area contributed by atoms with Crippen molar-refractivity contribution >= 4 is 0 Å². The van der Waals surface area contributed by atoms with Gasteiger partial charge in [0.2, 0.25) is 0 Å². The Hall–Kier alpha value is 0. The molecule has 0 bridgehead atoms. The Kier molecular flexibility index (Phi) is 2.38. The first kappa shape index (κ1) is 6.12. The fraction of sp³-hybridized carbons (Fsp3) is 0.750. The minimum atomic E-state index is 0.914. The Morgan fingerprint density at radius 1 is 1.12 bits per heavy atom. The zero-order chi connectivity index (χ0) is 5.82. The molecule has 0 nitrogen and oxygen atoms in total. The summed E-state index contributed by atoms with van der Waals surface area (Å²) in [5, 5.41) is 0. The maximum Gasteiger partial charge on any atom is -0.0383 e. The second-order valence-corrected chi connectivity index (χ2v) is 2.73. The molecule has 0 atom stereocenters. The van der Waals surface area contributed by atoms with Gasteiger partial charge < -0.3 is 0 Å². The van der Waals surface area contributed by atoms with Crippen molar-refractivity contribution in [2.75, 3.05) is 0 Å². The van der Waals surface area contributed by atoms with E-state index in [1.54, 1.807) is 0 Å². The van der Waals surface area contributed by atoms with E-state index in [1.807, 2.05) is 0 Å². The van der Waals surface area contributed by atoms with Crippen molar-refractivity contribution < 1.29 is 0 Å². The lowest BCUT2D eigenvalue weighted by Crippen LogP contribution is -1.89. The summed E-state index contributed by atoms with van der Waals surface area (Å²) in [6, 6.07) is 0. The predicted molar refractivity (Wildman–Crippen MR) is 36.2 cm³/mol. The fourth-order valence-corrected chi connectivity index (χ4v) is 1.14. The van der Waals surface area contributed by atoms with Crippen molar-refractivity contribution in [3.8, 4) is 0 Å². The predicted octanol–water partition coefficient (Wildman–Crippen LogP) is 2.61. The number of hydrogen-bond acceptors (Lipinski definition) is 0. The van der Waals surface area contributed by atoms with Crippen LogP contribution in [0.25, 0.3) is 0 Å². The van der Waals surface area contributed by atoms with Crippen LogP contribution in [0.3, 0.4) is 0 Å². The molecule has 0 saturated heterocycles. The van der Waals surface area contributed by atoms with Crippen LogP contribution in [-0.4, -0.2) is 0 Å². The molecule has 0 N–H and O–H groups in total. The van der Waals surface area contributed by atoms with Gasteiger partial charge in [0, 0.05) is 0 Å². The molecule has 0 unspecified atom stereocenters. The van der Waals surface area contributed by atoms with Gasteiger partial charge in [-0.15, -0.1) is 0 Å². The average molecular weight is 110 g/mol. The highest BCUT2D eigenvalue weighted by atomic mass is 14.1. The van der Waals surface area contributed by atoms with Crippen molar-refractivity contribution in [1.29, 1.82) is 0 Å². The Balaban J connectivity index is 2.17. The van der Waals surface area contributed by atoms with Gasteiger partial charge >= 0.3 is 0 Å². The Bertz CT molecular complexity index is 49.1. The molecular weight excluding hydrogens is 96.1 g/mol. The van der Waals surface area contributed by atoms with Crippen LogP contribution in [0.4, 0.5) is 0 Å². The molecule has 1 saturated carbocycles. The van der Waals surface area contributed by atoms with Crippen LogP contribution >= 0.6 is 0 Å². The smallest absolute Gasteiger partial charge is 0.0383 e. The SMILES string of the molecule is CC1C[CH]CC[CH]C1. The molecular formula is C8H14. The van der Waals surface area contributed by atoms with Crippen LogP contribution < -0.4 is 0 Å². The molecule has 0 heteroatoms. The van der Waals surface area contributed by atoms with Gasteiger partial charge in [-0.3, -0.25) is 0 Å². The van der Waals surface area contributed by atoms with Gasteiger partial charge in [-0.05, 0) is 44.4 Å². The molecule has 1 rings (SSSR count). The van der Waals surface area contributed by atoms with Crippen molar-refractivity contribution in [2.45, 2.75) is 32.6 Å². The van der Waals surface area contributed by atoms with E-state index in [2.05, 4.69) is 19.8 Å². The zero-order valence-electron chi connectivity index (χ0n) is 5.56. The van der Waals surface area contributed by atoms with E-state index >= 15 is 0 Å². The molecule has 0 aromatic heterocycles. The first-order valence-electron chi connectivity index (χ1n) is 3.53. The van der Waals surface area contributed by atoms with Crippen LogP contribution in [-0.2, 0) is 0 Å². The first-order chi connectivity index (χ1) is 3.89. The molecule has 0 amide bonds. The van der Waals surface area contributed by atoms with Gasteiger partial charge in [0.05, 0.1) is 0 Å². The van der Waals surface area contributed by atoms with Gasteiger partial charge in [-0.25, -0.2) is 0 Å². The largest absolute Gasteiger partial charge is 0.0625 e. The molecule has 0 aliphatic heterocycles. The molecule has 46 valence electrons. The summed E-state index contributed by atoms with van der Waals surface area (Å²) >= 11 is 0. The van der Waals surface area contributed by atoms with Crippen molar-refractivity contribution in [3.05, 3.63) is 12.8 Å². The molecule has 0 spiro atoms. The first-order valence-corrected chi connectivity index (χ1v) is 3.53. The highest BCUT2D eigenvalue weighted by molar-refractivity contribution is 4.81. The van der Waals surface area contributed by atoms with Crippen LogP contribution in [0.2, 0.25) is 0 Å². The molecule has 0 aromatic carbocycles. The molecule has 1 aliphatic rings. The Morgan fingerprint density at radius 3 is 2.12 bits per heavy atom. The van der Waals surface area contributed by atoms with Crippen LogP contribution in [0.1, 0.15) is 32.6 Å². The number of hydrogen-bond donors (Lipinski definition) is 0. The van der Waals surface area contributed by atoms with Crippen LogP contribution in [0, 0.1) is 18.8 Å². The third-order valence-electron chi connectivity index (χ3n) is 1.71. The third-order valence-corrected chi connectivity index (χ3v) is 1.71. The van der Waals surface area contributed by atoms with E-state index in [0.29, 0.717) is 0 Å². The van der Waals surface area contributed by atoms with Crippen molar-refractivity contribution in [3.63, 3.8) is 0 Å². The van der Waals surface area contributed by atoms with E-state index in [-0.39, 0.29) is 0 Å².